The van der Waals surface area contributed by atoms with Crippen LogP contribution in [0.3, 0.4) is 0 Å². The lowest BCUT2D eigenvalue weighted by molar-refractivity contribution is 0.0105. The lowest BCUT2D eigenvalue weighted by Crippen LogP contribution is -2.58. The first-order chi connectivity index (χ1) is 9.24. The topological polar surface area (TPSA) is 41.6 Å². The van der Waals surface area contributed by atoms with Crippen LogP contribution < -0.4 is 5.32 Å². The van der Waals surface area contributed by atoms with Crippen molar-refractivity contribution in [2.45, 2.75) is 39.3 Å². The fraction of sp³-hybridized carbons (Fsp3) is 0.533. The number of hydrogen-bond acceptors (Lipinski definition) is 3. The van der Waals surface area contributed by atoms with Gasteiger partial charge in [0.05, 0.1) is 6.04 Å². The van der Waals surface area contributed by atoms with E-state index in [1.165, 1.54) is 9.13 Å². The highest BCUT2D eigenvalue weighted by molar-refractivity contribution is 14.1. The van der Waals surface area contributed by atoms with E-state index in [9.17, 15) is 4.79 Å². The van der Waals surface area contributed by atoms with Crippen LogP contribution >= 0.6 is 22.6 Å². The second kappa shape index (κ2) is 5.79. The highest BCUT2D eigenvalue weighted by atomic mass is 127. The molecule has 0 saturated carbocycles. The van der Waals surface area contributed by atoms with Gasteiger partial charge >= 0.3 is 6.09 Å². The number of halogens is 1. The molecule has 0 unspecified atom stereocenters. The van der Waals surface area contributed by atoms with E-state index in [0.717, 1.165) is 5.69 Å². The van der Waals surface area contributed by atoms with Crippen LogP contribution in [0.5, 0.6) is 0 Å². The summed E-state index contributed by atoms with van der Waals surface area (Å²) < 4.78 is 6.55. The summed E-state index contributed by atoms with van der Waals surface area (Å²) in [5.74, 6) is 0. The number of nitrogens with one attached hydrogen (secondary N) is 1. The van der Waals surface area contributed by atoms with E-state index in [-0.39, 0.29) is 6.09 Å². The molecule has 1 heterocycles. The van der Waals surface area contributed by atoms with Crippen LogP contribution in [0.25, 0.3) is 0 Å². The van der Waals surface area contributed by atoms with Crippen molar-refractivity contribution < 1.29 is 9.53 Å². The minimum Gasteiger partial charge on any atom is -0.444 e. The smallest absolute Gasteiger partial charge is 0.410 e. The summed E-state index contributed by atoms with van der Waals surface area (Å²) in [4.78, 5) is 13.6. The Morgan fingerprint density at radius 1 is 1.40 bits per heavy atom. The number of likely N-dealkylation sites (tertiary alicyclic amines) is 1. The lowest BCUT2D eigenvalue weighted by Gasteiger charge is -2.40. The number of ether oxygens (including phenoxy) is 1. The van der Waals surface area contributed by atoms with Crippen LogP contribution in [0.2, 0.25) is 0 Å². The molecular weight excluding hydrogens is 367 g/mol. The van der Waals surface area contributed by atoms with Crippen LogP contribution in [0.4, 0.5) is 10.5 Å². The number of rotatable bonds is 2. The second-order valence-corrected chi connectivity index (χ2v) is 7.43. The summed E-state index contributed by atoms with van der Waals surface area (Å²) in [6, 6.07) is 6.63. The van der Waals surface area contributed by atoms with E-state index >= 15 is 0 Å². The fourth-order valence-corrected chi connectivity index (χ4v) is 2.51. The molecule has 20 heavy (non-hydrogen) atoms. The molecule has 1 N–H and O–H groups in total. The van der Waals surface area contributed by atoms with E-state index < -0.39 is 5.60 Å². The highest BCUT2D eigenvalue weighted by Crippen LogP contribution is 2.22. The van der Waals surface area contributed by atoms with Crippen molar-refractivity contribution in [3.63, 3.8) is 0 Å². The summed E-state index contributed by atoms with van der Waals surface area (Å²) in [6.45, 7) is 9.13. The van der Waals surface area contributed by atoms with Gasteiger partial charge in [0.2, 0.25) is 0 Å². The molecular formula is C15H21IN2O2. The summed E-state index contributed by atoms with van der Waals surface area (Å²) >= 11 is 2.30. The number of aryl methyl sites for hydroxylation is 1. The van der Waals surface area contributed by atoms with E-state index in [1.54, 1.807) is 4.90 Å². The van der Waals surface area contributed by atoms with Gasteiger partial charge in [0.15, 0.2) is 0 Å². The molecule has 1 fully saturated rings. The Balaban J connectivity index is 1.85. The van der Waals surface area contributed by atoms with Crippen molar-refractivity contribution in [3.05, 3.63) is 27.3 Å². The molecule has 0 bridgehead atoms. The molecule has 0 radical (unpaired) electrons. The zero-order valence-corrected chi connectivity index (χ0v) is 14.5. The molecule has 0 aliphatic carbocycles. The van der Waals surface area contributed by atoms with Gasteiger partial charge in [0.1, 0.15) is 5.60 Å². The Kier molecular flexibility index (Phi) is 4.46. The molecule has 1 saturated heterocycles. The SMILES string of the molecule is Cc1ccc(I)cc1NC1CN(C(=O)OC(C)(C)C)C1. The molecule has 110 valence electrons. The van der Waals surface area contributed by atoms with Gasteiger partial charge in [-0.3, -0.25) is 0 Å². The second-order valence-electron chi connectivity index (χ2n) is 6.19. The number of carbonyl (C=O) groups excluding carboxylic acids is 1. The molecule has 1 aliphatic heterocycles. The van der Waals surface area contributed by atoms with Gasteiger partial charge in [-0.25, -0.2) is 4.79 Å². The van der Waals surface area contributed by atoms with Crippen LogP contribution in [0.1, 0.15) is 26.3 Å². The van der Waals surface area contributed by atoms with Crippen LogP contribution in [0.15, 0.2) is 18.2 Å². The molecule has 0 atom stereocenters. The largest absolute Gasteiger partial charge is 0.444 e. The molecule has 1 aromatic carbocycles. The van der Waals surface area contributed by atoms with Crippen LogP contribution in [0, 0.1) is 10.5 Å². The van der Waals surface area contributed by atoms with Gasteiger partial charge < -0.3 is 15.0 Å². The number of nitrogens with zero attached hydrogens (tertiary/aromatic N) is 1. The van der Waals surface area contributed by atoms with Crippen LogP contribution in [-0.2, 0) is 4.74 Å². The maximum Gasteiger partial charge on any atom is 0.410 e. The minimum atomic E-state index is -0.429. The number of anilines is 1. The average Bonchev–Trinajstić information content (AvgIpc) is 2.24. The first-order valence-corrected chi connectivity index (χ1v) is 7.83. The van der Waals surface area contributed by atoms with E-state index in [1.807, 2.05) is 20.8 Å². The number of amides is 1. The molecule has 5 heteroatoms. The summed E-state index contributed by atoms with van der Waals surface area (Å²) in [5.41, 5.74) is 1.94. The fourth-order valence-electron chi connectivity index (χ4n) is 2.02. The molecule has 4 nitrogen and oxygen atoms in total. The van der Waals surface area contributed by atoms with Crippen molar-refractivity contribution in [2.75, 3.05) is 18.4 Å². The Hall–Kier alpha value is -0.980. The third-order valence-corrected chi connectivity index (χ3v) is 3.76. The maximum atomic E-state index is 11.8. The zero-order chi connectivity index (χ0) is 14.9. The summed E-state index contributed by atoms with van der Waals surface area (Å²) in [5, 5.41) is 3.48. The quantitative estimate of drug-likeness (QED) is 0.787. The Labute approximate surface area is 134 Å². The van der Waals surface area contributed by atoms with E-state index in [2.05, 4.69) is 53.0 Å². The third kappa shape index (κ3) is 4.01. The van der Waals surface area contributed by atoms with Gasteiger partial charge in [0, 0.05) is 22.3 Å². The predicted octanol–water partition coefficient (Wildman–Crippen LogP) is 3.63. The van der Waals surface area contributed by atoms with Gasteiger partial charge in [-0.15, -0.1) is 0 Å². The molecule has 1 aliphatic rings. The number of hydrogen-bond donors (Lipinski definition) is 1. The lowest BCUT2D eigenvalue weighted by atomic mass is 10.1. The summed E-state index contributed by atoms with van der Waals surface area (Å²) in [7, 11) is 0. The summed E-state index contributed by atoms with van der Waals surface area (Å²) in [6.07, 6.45) is -0.227. The first kappa shape index (κ1) is 15.4. The molecule has 0 aromatic heterocycles. The molecule has 2 rings (SSSR count). The average molecular weight is 388 g/mol. The Morgan fingerprint density at radius 3 is 2.65 bits per heavy atom. The van der Waals surface area contributed by atoms with Crippen LogP contribution in [-0.4, -0.2) is 35.7 Å². The zero-order valence-electron chi connectivity index (χ0n) is 12.4. The number of benzene rings is 1. The van der Waals surface area contributed by atoms with Crippen molar-refractivity contribution >= 4 is 34.4 Å². The van der Waals surface area contributed by atoms with Gasteiger partial charge in [-0.05, 0) is 68.0 Å². The third-order valence-electron chi connectivity index (χ3n) is 3.09. The minimum absolute atomic E-state index is 0.227. The van der Waals surface area contributed by atoms with Crippen molar-refractivity contribution in [2.24, 2.45) is 0 Å². The molecule has 0 spiro atoms. The van der Waals surface area contributed by atoms with Gasteiger partial charge in [-0.2, -0.15) is 0 Å². The standard InChI is InChI=1S/C15H21IN2O2/c1-10-5-6-11(16)7-13(10)17-12-8-18(9-12)14(19)20-15(2,3)4/h5-7,12,17H,8-9H2,1-4H3. The Morgan fingerprint density at radius 2 is 2.05 bits per heavy atom. The predicted molar refractivity (Wildman–Crippen MR) is 89.1 cm³/mol. The van der Waals surface area contributed by atoms with Gasteiger partial charge in [0.25, 0.3) is 0 Å². The van der Waals surface area contributed by atoms with E-state index in [4.69, 9.17) is 4.74 Å². The maximum absolute atomic E-state index is 11.8. The van der Waals surface area contributed by atoms with Crippen molar-refractivity contribution in [3.8, 4) is 0 Å². The monoisotopic (exact) mass is 388 g/mol. The normalized spacial score (nSPS) is 15.8. The highest BCUT2D eigenvalue weighted by Gasteiger charge is 2.33. The Bertz CT molecular complexity index is 505. The van der Waals surface area contributed by atoms with Gasteiger partial charge in [-0.1, -0.05) is 6.07 Å². The molecule has 1 aromatic rings. The van der Waals surface area contributed by atoms with Crippen molar-refractivity contribution in [1.29, 1.82) is 0 Å². The van der Waals surface area contributed by atoms with Crippen molar-refractivity contribution in [1.82, 2.24) is 4.90 Å². The van der Waals surface area contributed by atoms with E-state index in [0.29, 0.717) is 19.1 Å². The first-order valence-electron chi connectivity index (χ1n) is 6.75. The molecule has 1 amide bonds. The number of carbonyl (C=O) groups is 1.